The predicted molar refractivity (Wildman–Crippen MR) is 60.0 cm³/mol. The highest BCUT2D eigenvalue weighted by Gasteiger charge is 2.24. The summed E-state index contributed by atoms with van der Waals surface area (Å²) in [4.78, 5) is 0. The van der Waals surface area contributed by atoms with E-state index in [1.807, 2.05) is 6.20 Å². The molecule has 0 bridgehead atoms. The van der Waals surface area contributed by atoms with Crippen LogP contribution in [0.3, 0.4) is 0 Å². The fourth-order valence-electron chi connectivity index (χ4n) is 2.26. The van der Waals surface area contributed by atoms with E-state index in [-0.39, 0.29) is 5.92 Å². The number of hydrogen-bond donors (Lipinski definition) is 2. The summed E-state index contributed by atoms with van der Waals surface area (Å²) in [7, 11) is 0. The molecule has 0 unspecified atom stereocenters. The molecular weight excluding hydrogens is 188 g/mol. The summed E-state index contributed by atoms with van der Waals surface area (Å²) >= 11 is 0. The Morgan fingerprint density at radius 3 is 3.00 bits per heavy atom. The van der Waals surface area contributed by atoms with Gasteiger partial charge < -0.3 is 5.73 Å². The van der Waals surface area contributed by atoms with Gasteiger partial charge in [-0.3, -0.25) is 10.1 Å². The summed E-state index contributed by atoms with van der Waals surface area (Å²) in [6.07, 6.45) is 4.81. The molecule has 1 atom stereocenters. The Kier molecular flexibility index (Phi) is 2.50. The standard InChI is InChI=1S/C11H18N4/c1-7(2)15-10-4-3-8(11(12)13)5-9(10)6-14-15/h6-8H,3-5H2,1-2H3,(H3,12,13)/t8-/m0/s1. The molecule has 1 aliphatic rings. The minimum Gasteiger partial charge on any atom is -0.387 e. The monoisotopic (exact) mass is 206 g/mol. The number of rotatable bonds is 2. The Morgan fingerprint density at radius 1 is 1.67 bits per heavy atom. The molecule has 4 heteroatoms. The van der Waals surface area contributed by atoms with Crippen LogP contribution < -0.4 is 5.73 Å². The minimum atomic E-state index is 0.224. The third kappa shape index (κ3) is 1.76. The van der Waals surface area contributed by atoms with Crippen LogP contribution in [0.4, 0.5) is 0 Å². The molecule has 0 spiro atoms. The van der Waals surface area contributed by atoms with Crippen molar-refractivity contribution in [3.8, 4) is 0 Å². The van der Waals surface area contributed by atoms with E-state index in [2.05, 4.69) is 23.6 Å². The van der Waals surface area contributed by atoms with Gasteiger partial charge in [0.2, 0.25) is 0 Å². The van der Waals surface area contributed by atoms with E-state index in [4.69, 9.17) is 11.1 Å². The summed E-state index contributed by atoms with van der Waals surface area (Å²) in [5, 5.41) is 11.9. The average molecular weight is 206 g/mol. The van der Waals surface area contributed by atoms with Crippen molar-refractivity contribution in [2.24, 2.45) is 11.7 Å². The molecule has 1 aromatic heterocycles. The van der Waals surface area contributed by atoms with Crippen LogP contribution in [0, 0.1) is 11.3 Å². The maximum atomic E-state index is 7.47. The first kappa shape index (κ1) is 10.2. The second-order valence-corrected chi connectivity index (χ2v) is 4.55. The lowest BCUT2D eigenvalue weighted by atomic mass is 9.87. The van der Waals surface area contributed by atoms with Crippen molar-refractivity contribution in [1.29, 1.82) is 5.41 Å². The zero-order chi connectivity index (χ0) is 11.0. The third-order valence-corrected chi connectivity index (χ3v) is 3.11. The quantitative estimate of drug-likeness (QED) is 0.569. The lowest BCUT2D eigenvalue weighted by molar-refractivity contribution is 0.479. The van der Waals surface area contributed by atoms with Crippen LogP contribution >= 0.6 is 0 Å². The van der Waals surface area contributed by atoms with E-state index < -0.39 is 0 Å². The second kappa shape index (κ2) is 3.68. The first-order valence-corrected chi connectivity index (χ1v) is 5.48. The number of nitrogens with zero attached hydrogens (tertiary/aromatic N) is 2. The summed E-state index contributed by atoms with van der Waals surface area (Å²) in [5.41, 5.74) is 8.16. The number of fused-ring (bicyclic) bond motifs is 1. The van der Waals surface area contributed by atoms with E-state index in [0.29, 0.717) is 11.9 Å². The molecule has 0 radical (unpaired) electrons. The molecule has 15 heavy (non-hydrogen) atoms. The third-order valence-electron chi connectivity index (χ3n) is 3.11. The van der Waals surface area contributed by atoms with Crippen LogP contribution in [-0.4, -0.2) is 15.6 Å². The van der Waals surface area contributed by atoms with Crippen LogP contribution in [0.5, 0.6) is 0 Å². The summed E-state index contributed by atoms with van der Waals surface area (Å²) in [6.45, 7) is 4.29. The molecule has 1 aliphatic carbocycles. The molecule has 0 fully saturated rings. The van der Waals surface area contributed by atoms with Crippen LogP contribution in [0.2, 0.25) is 0 Å². The van der Waals surface area contributed by atoms with Crippen molar-refractivity contribution in [2.45, 2.75) is 39.2 Å². The van der Waals surface area contributed by atoms with Gasteiger partial charge in [0.05, 0.1) is 12.0 Å². The smallest absolute Gasteiger partial charge is 0.0940 e. The largest absolute Gasteiger partial charge is 0.387 e. The number of nitrogens with one attached hydrogen (secondary N) is 1. The first-order valence-electron chi connectivity index (χ1n) is 5.48. The molecule has 2 rings (SSSR count). The van der Waals surface area contributed by atoms with E-state index >= 15 is 0 Å². The summed E-state index contributed by atoms with van der Waals surface area (Å²) < 4.78 is 2.09. The van der Waals surface area contributed by atoms with Gasteiger partial charge in [0, 0.05) is 17.7 Å². The SMILES string of the molecule is CC(C)n1ncc2c1CC[C@H](C(=N)N)C2. The minimum absolute atomic E-state index is 0.224. The Bertz CT molecular complexity index is 378. The highest BCUT2D eigenvalue weighted by molar-refractivity contribution is 5.80. The number of aromatic nitrogens is 2. The maximum absolute atomic E-state index is 7.47. The van der Waals surface area contributed by atoms with Gasteiger partial charge in [-0.2, -0.15) is 5.10 Å². The molecule has 0 aromatic carbocycles. The molecule has 3 N–H and O–H groups in total. The van der Waals surface area contributed by atoms with Gasteiger partial charge in [0.1, 0.15) is 0 Å². The van der Waals surface area contributed by atoms with Gasteiger partial charge in [-0.15, -0.1) is 0 Å². The summed E-state index contributed by atoms with van der Waals surface area (Å²) in [5.74, 6) is 0.542. The van der Waals surface area contributed by atoms with Crippen molar-refractivity contribution in [3.05, 3.63) is 17.5 Å². The fraction of sp³-hybridized carbons (Fsp3) is 0.636. The van der Waals surface area contributed by atoms with Crippen molar-refractivity contribution >= 4 is 5.84 Å². The lowest BCUT2D eigenvalue weighted by Crippen LogP contribution is -2.28. The molecule has 0 saturated carbocycles. The van der Waals surface area contributed by atoms with Gasteiger partial charge in [-0.1, -0.05) is 0 Å². The molecule has 0 amide bonds. The molecule has 1 aromatic rings. The second-order valence-electron chi connectivity index (χ2n) is 4.55. The van der Waals surface area contributed by atoms with E-state index in [0.717, 1.165) is 19.3 Å². The maximum Gasteiger partial charge on any atom is 0.0940 e. The van der Waals surface area contributed by atoms with Crippen LogP contribution in [0.15, 0.2) is 6.20 Å². The fourth-order valence-corrected chi connectivity index (χ4v) is 2.26. The number of hydrogen-bond acceptors (Lipinski definition) is 2. The number of nitrogens with two attached hydrogens (primary N) is 1. The Labute approximate surface area is 90.0 Å². The van der Waals surface area contributed by atoms with Crippen LogP contribution in [-0.2, 0) is 12.8 Å². The van der Waals surface area contributed by atoms with Crippen LogP contribution in [0.1, 0.15) is 37.6 Å². The van der Waals surface area contributed by atoms with E-state index in [1.165, 1.54) is 11.3 Å². The van der Waals surface area contributed by atoms with Gasteiger partial charge in [0.15, 0.2) is 0 Å². The van der Waals surface area contributed by atoms with Crippen LogP contribution in [0.25, 0.3) is 0 Å². The van der Waals surface area contributed by atoms with Crippen molar-refractivity contribution in [3.63, 3.8) is 0 Å². The molecule has 1 heterocycles. The summed E-state index contributed by atoms with van der Waals surface area (Å²) in [6, 6.07) is 0.419. The van der Waals surface area contributed by atoms with Crippen molar-refractivity contribution in [1.82, 2.24) is 9.78 Å². The van der Waals surface area contributed by atoms with Gasteiger partial charge in [-0.25, -0.2) is 0 Å². The Balaban J connectivity index is 2.26. The highest BCUT2D eigenvalue weighted by Crippen LogP contribution is 2.26. The van der Waals surface area contributed by atoms with E-state index in [9.17, 15) is 0 Å². The van der Waals surface area contributed by atoms with E-state index in [1.54, 1.807) is 0 Å². The molecule has 82 valence electrons. The normalized spacial score (nSPS) is 20.3. The van der Waals surface area contributed by atoms with Crippen molar-refractivity contribution in [2.75, 3.05) is 0 Å². The zero-order valence-corrected chi connectivity index (χ0v) is 9.33. The van der Waals surface area contributed by atoms with Gasteiger partial charge in [-0.05, 0) is 38.7 Å². The number of amidine groups is 1. The Morgan fingerprint density at radius 2 is 2.40 bits per heavy atom. The van der Waals surface area contributed by atoms with Gasteiger partial charge >= 0.3 is 0 Å². The molecule has 0 saturated heterocycles. The predicted octanol–water partition coefficient (Wildman–Crippen LogP) is 1.50. The molecule has 0 aliphatic heterocycles. The van der Waals surface area contributed by atoms with Gasteiger partial charge in [0.25, 0.3) is 0 Å². The highest BCUT2D eigenvalue weighted by atomic mass is 15.3. The van der Waals surface area contributed by atoms with Crippen molar-refractivity contribution < 1.29 is 0 Å². The molecule has 4 nitrogen and oxygen atoms in total. The molecular formula is C11H18N4. The average Bonchev–Trinajstić information content (AvgIpc) is 2.59. The lowest BCUT2D eigenvalue weighted by Gasteiger charge is -2.22. The Hall–Kier alpha value is -1.32. The zero-order valence-electron chi connectivity index (χ0n) is 9.33. The first-order chi connectivity index (χ1) is 7.09. The topological polar surface area (TPSA) is 67.7 Å².